The molecule has 0 bridgehead atoms. The highest BCUT2D eigenvalue weighted by atomic mass is 35.5. The molecule has 0 N–H and O–H groups in total. The maximum atomic E-state index is 6.39. The molecule has 0 aliphatic heterocycles. The third kappa shape index (κ3) is 2.99. The molecule has 1 saturated carbocycles. The first-order chi connectivity index (χ1) is 8.15. The van der Waals surface area contributed by atoms with Crippen LogP contribution in [0, 0.1) is 5.92 Å². The maximum absolute atomic E-state index is 6.39. The second-order valence-corrected chi connectivity index (χ2v) is 5.31. The van der Waals surface area contributed by atoms with Crippen molar-refractivity contribution in [3.05, 3.63) is 22.7 Å². The summed E-state index contributed by atoms with van der Waals surface area (Å²) < 4.78 is 10.5. The van der Waals surface area contributed by atoms with Crippen molar-refractivity contribution >= 4 is 23.2 Å². The average Bonchev–Trinajstić information content (AvgIpc) is 3.12. The number of hydrogen-bond donors (Lipinski definition) is 0. The maximum Gasteiger partial charge on any atom is 0.162 e. The third-order valence-electron chi connectivity index (χ3n) is 3.08. The molecule has 0 radical (unpaired) electrons. The van der Waals surface area contributed by atoms with Crippen molar-refractivity contribution in [2.75, 3.05) is 14.2 Å². The first-order valence-electron chi connectivity index (χ1n) is 5.71. The quantitative estimate of drug-likeness (QED) is 0.740. The molecular formula is C13H16Cl2O2. The zero-order valence-corrected chi connectivity index (χ0v) is 11.5. The lowest BCUT2D eigenvalue weighted by Crippen LogP contribution is -1.97. The van der Waals surface area contributed by atoms with Gasteiger partial charge in [-0.2, -0.15) is 0 Å². The van der Waals surface area contributed by atoms with Gasteiger partial charge in [-0.3, -0.25) is 0 Å². The summed E-state index contributed by atoms with van der Waals surface area (Å²) in [5, 5.41) is 0.595. The number of rotatable bonds is 5. The van der Waals surface area contributed by atoms with E-state index in [9.17, 15) is 0 Å². The molecule has 2 rings (SSSR count). The van der Waals surface area contributed by atoms with Gasteiger partial charge in [0, 0.05) is 11.1 Å². The smallest absolute Gasteiger partial charge is 0.162 e. The lowest BCUT2D eigenvalue weighted by Gasteiger charge is -2.15. The second kappa shape index (κ2) is 5.36. The SMILES string of the molecule is COc1cc(Cl)c(C(Cl)CC2CC2)cc1OC. The fraction of sp³-hybridized carbons (Fsp3) is 0.538. The first-order valence-corrected chi connectivity index (χ1v) is 6.52. The van der Waals surface area contributed by atoms with Crippen LogP contribution in [0.3, 0.4) is 0 Å². The fourth-order valence-corrected chi connectivity index (χ4v) is 2.66. The molecule has 1 unspecified atom stereocenters. The highest BCUT2D eigenvalue weighted by Crippen LogP contribution is 2.44. The molecule has 17 heavy (non-hydrogen) atoms. The molecule has 0 heterocycles. The summed E-state index contributed by atoms with van der Waals surface area (Å²) in [6, 6.07) is 3.64. The van der Waals surface area contributed by atoms with E-state index in [2.05, 4.69) is 0 Å². The summed E-state index contributed by atoms with van der Waals surface area (Å²) in [6.07, 6.45) is 3.55. The van der Waals surface area contributed by atoms with Crippen molar-refractivity contribution in [1.29, 1.82) is 0 Å². The zero-order chi connectivity index (χ0) is 12.4. The van der Waals surface area contributed by atoms with Crippen LogP contribution in [0.4, 0.5) is 0 Å². The van der Waals surface area contributed by atoms with E-state index in [1.54, 1.807) is 20.3 Å². The van der Waals surface area contributed by atoms with Crippen LogP contribution in [-0.4, -0.2) is 14.2 Å². The number of halogens is 2. The predicted molar refractivity (Wildman–Crippen MR) is 70.5 cm³/mol. The van der Waals surface area contributed by atoms with Gasteiger partial charge in [-0.1, -0.05) is 24.4 Å². The van der Waals surface area contributed by atoms with Crippen LogP contribution in [0.1, 0.15) is 30.2 Å². The third-order valence-corrected chi connectivity index (χ3v) is 3.82. The molecule has 4 heteroatoms. The van der Waals surface area contributed by atoms with Gasteiger partial charge in [0.2, 0.25) is 0 Å². The van der Waals surface area contributed by atoms with Crippen LogP contribution in [0.5, 0.6) is 11.5 Å². The van der Waals surface area contributed by atoms with Gasteiger partial charge >= 0.3 is 0 Å². The molecular weight excluding hydrogens is 259 g/mol. The monoisotopic (exact) mass is 274 g/mol. The summed E-state index contributed by atoms with van der Waals surface area (Å²) in [4.78, 5) is 0. The van der Waals surface area contributed by atoms with Crippen molar-refractivity contribution in [1.82, 2.24) is 0 Å². The Morgan fingerprint density at radius 3 is 2.35 bits per heavy atom. The van der Waals surface area contributed by atoms with Crippen molar-refractivity contribution in [3.8, 4) is 11.5 Å². The Bertz CT molecular complexity index is 403. The lowest BCUT2D eigenvalue weighted by atomic mass is 10.1. The Morgan fingerprint density at radius 1 is 1.24 bits per heavy atom. The van der Waals surface area contributed by atoms with Gasteiger partial charge in [0.25, 0.3) is 0 Å². The van der Waals surface area contributed by atoms with Gasteiger partial charge in [-0.15, -0.1) is 11.6 Å². The minimum absolute atomic E-state index is 0.0465. The summed E-state index contributed by atoms with van der Waals surface area (Å²) in [6.45, 7) is 0. The van der Waals surface area contributed by atoms with Gasteiger partial charge in [-0.05, 0) is 24.0 Å². The largest absolute Gasteiger partial charge is 0.493 e. The molecule has 0 aromatic heterocycles. The van der Waals surface area contributed by atoms with E-state index in [1.807, 2.05) is 6.07 Å². The molecule has 0 amide bonds. The van der Waals surface area contributed by atoms with Gasteiger partial charge in [0.1, 0.15) is 0 Å². The normalized spacial score (nSPS) is 16.7. The Labute approximate surface area is 112 Å². The highest BCUT2D eigenvalue weighted by Gasteiger charge is 2.27. The average molecular weight is 275 g/mol. The molecule has 1 aliphatic carbocycles. The van der Waals surface area contributed by atoms with Gasteiger partial charge in [0.05, 0.1) is 19.6 Å². The van der Waals surface area contributed by atoms with Gasteiger partial charge in [-0.25, -0.2) is 0 Å². The van der Waals surface area contributed by atoms with E-state index >= 15 is 0 Å². The van der Waals surface area contributed by atoms with Crippen molar-refractivity contribution in [3.63, 3.8) is 0 Å². The van der Waals surface area contributed by atoms with E-state index < -0.39 is 0 Å². The van der Waals surface area contributed by atoms with E-state index in [1.165, 1.54) is 12.8 Å². The van der Waals surface area contributed by atoms with Gasteiger partial charge < -0.3 is 9.47 Å². The van der Waals surface area contributed by atoms with Crippen molar-refractivity contribution < 1.29 is 9.47 Å². The van der Waals surface area contributed by atoms with Gasteiger partial charge in [0.15, 0.2) is 11.5 Å². The van der Waals surface area contributed by atoms with E-state index in [-0.39, 0.29) is 5.38 Å². The number of methoxy groups -OCH3 is 2. The van der Waals surface area contributed by atoms with Crippen LogP contribution >= 0.6 is 23.2 Å². The summed E-state index contributed by atoms with van der Waals surface area (Å²) in [5.41, 5.74) is 0.929. The summed E-state index contributed by atoms with van der Waals surface area (Å²) in [5.74, 6) is 2.08. The van der Waals surface area contributed by atoms with Crippen LogP contribution < -0.4 is 9.47 Å². The van der Waals surface area contributed by atoms with Crippen LogP contribution in [0.25, 0.3) is 0 Å². The number of alkyl halides is 1. The van der Waals surface area contributed by atoms with Crippen LogP contribution in [-0.2, 0) is 0 Å². The highest BCUT2D eigenvalue weighted by molar-refractivity contribution is 6.33. The molecule has 1 atom stereocenters. The Balaban J connectivity index is 2.25. The second-order valence-electron chi connectivity index (χ2n) is 4.38. The standard InChI is InChI=1S/C13H16Cl2O2/c1-16-12-6-9(10(14)5-8-3-4-8)11(15)7-13(12)17-2/h6-8,10H,3-5H2,1-2H3. The molecule has 1 aliphatic rings. The van der Waals surface area contributed by atoms with Crippen molar-refractivity contribution in [2.45, 2.75) is 24.6 Å². The number of ether oxygens (including phenoxy) is 2. The van der Waals surface area contributed by atoms with Crippen LogP contribution in [0.15, 0.2) is 12.1 Å². The molecule has 1 fully saturated rings. The topological polar surface area (TPSA) is 18.5 Å². The molecule has 1 aromatic rings. The predicted octanol–water partition coefficient (Wildman–Crippen LogP) is 4.44. The van der Waals surface area contributed by atoms with E-state index in [4.69, 9.17) is 32.7 Å². The minimum atomic E-state index is -0.0465. The Kier molecular flexibility index (Phi) is 4.05. The zero-order valence-electron chi connectivity index (χ0n) is 10.0. The molecule has 0 saturated heterocycles. The minimum Gasteiger partial charge on any atom is -0.493 e. The van der Waals surface area contributed by atoms with E-state index in [0.717, 1.165) is 17.9 Å². The molecule has 1 aromatic carbocycles. The van der Waals surface area contributed by atoms with Crippen LogP contribution in [0.2, 0.25) is 5.02 Å². The fourth-order valence-electron chi connectivity index (χ4n) is 1.88. The Morgan fingerprint density at radius 2 is 1.82 bits per heavy atom. The van der Waals surface area contributed by atoms with Crippen molar-refractivity contribution in [2.24, 2.45) is 5.92 Å². The van der Waals surface area contributed by atoms with E-state index in [0.29, 0.717) is 16.5 Å². The number of benzene rings is 1. The molecule has 0 spiro atoms. The number of hydrogen-bond acceptors (Lipinski definition) is 2. The summed E-state index contributed by atoms with van der Waals surface area (Å²) >= 11 is 12.6. The first kappa shape index (κ1) is 12.8. The Hall–Kier alpha value is -0.600. The molecule has 94 valence electrons. The lowest BCUT2D eigenvalue weighted by molar-refractivity contribution is 0.354. The summed E-state index contributed by atoms with van der Waals surface area (Å²) in [7, 11) is 3.20. The molecule has 2 nitrogen and oxygen atoms in total.